The van der Waals surface area contributed by atoms with Gasteiger partial charge in [0.1, 0.15) is 17.1 Å². The highest BCUT2D eigenvalue weighted by atomic mass is 16.5. The van der Waals surface area contributed by atoms with Gasteiger partial charge in [0.05, 0.1) is 7.11 Å². The van der Waals surface area contributed by atoms with Crippen LogP contribution in [0.3, 0.4) is 0 Å². The number of aromatic carboxylic acids is 1. The van der Waals surface area contributed by atoms with E-state index >= 15 is 0 Å². The minimum absolute atomic E-state index is 0.0876. The van der Waals surface area contributed by atoms with Crippen molar-refractivity contribution in [2.75, 3.05) is 12.8 Å². The van der Waals surface area contributed by atoms with Crippen molar-refractivity contribution in [1.82, 2.24) is 4.98 Å². The second-order valence-corrected chi connectivity index (χ2v) is 4.45. The summed E-state index contributed by atoms with van der Waals surface area (Å²) in [4.78, 5) is 13.9. The summed E-state index contributed by atoms with van der Waals surface area (Å²) in [5.41, 5.74) is 9.40. The number of benzene rings is 1. The highest BCUT2D eigenvalue weighted by molar-refractivity contribution is 5.95. The number of nitrogens with one attached hydrogen (secondary N) is 1. The molecule has 0 aliphatic carbocycles. The Kier molecular flexibility index (Phi) is 3.21. The van der Waals surface area contributed by atoms with Gasteiger partial charge in [0, 0.05) is 11.3 Å². The van der Waals surface area contributed by atoms with Crippen molar-refractivity contribution >= 4 is 11.8 Å². The summed E-state index contributed by atoms with van der Waals surface area (Å²) < 4.78 is 5.20. The van der Waals surface area contributed by atoms with Crippen molar-refractivity contribution in [3.8, 4) is 17.0 Å². The summed E-state index contributed by atoms with van der Waals surface area (Å²) in [5.74, 6) is -0.0994. The maximum absolute atomic E-state index is 11.0. The van der Waals surface area contributed by atoms with Gasteiger partial charge in [-0.3, -0.25) is 0 Å². The fourth-order valence-electron chi connectivity index (χ4n) is 2.25. The van der Waals surface area contributed by atoms with E-state index < -0.39 is 5.97 Å². The van der Waals surface area contributed by atoms with Gasteiger partial charge >= 0.3 is 5.97 Å². The second kappa shape index (κ2) is 4.68. The number of aryl methyl sites for hydroxylation is 2. The fourth-order valence-corrected chi connectivity index (χ4v) is 2.25. The van der Waals surface area contributed by atoms with Crippen LogP contribution >= 0.6 is 0 Å². The van der Waals surface area contributed by atoms with Gasteiger partial charge in [0.2, 0.25) is 0 Å². The highest BCUT2D eigenvalue weighted by Gasteiger charge is 2.16. The summed E-state index contributed by atoms with van der Waals surface area (Å²) in [5, 5.41) is 9.03. The van der Waals surface area contributed by atoms with E-state index in [1.54, 1.807) is 13.2 Å². The van der Waals surface area contributed by atoms with Crippen LogP contribution in [-0.4, -0.2) is 23.2 Å². The molecule has 0 saturated heterocycles. The van der Waals surface area contributed by atoms with Crippen LogP contribution in [-0.2, 0) is 0 Å². The zero-order chi connectivity index (χ0) is 14.2. The average molecular weight is 260 g/mol. The van der Waals surface area contributed by atoms with E-state index in [4.69, 9.17) is 15.6 Å². The minimum atomic E-state index is -1.04. The van der Waals surface area contributed by atoms with Gasteiger partial charge in [0.25, 0.3) is 0 Å². The number of methoxy groups -OCH3 is 1. The van der Waals surface area contributed by atoms with Crippen molar-refractivity contribution in [3.63, 3.8) is 0 Å². The first-order valence-electron chi connectivity index (χ1n) is 5.81. The molecule has 0 bridgehead atoms. The van der Waals surface area contributed by atoms with Gasteiger partial charge < -0.3 is 20.6 Å². The first kappa shape index (κ1) is 13.0. The van der Waals surface area contributed by atoms with Crippen molar-refractivity contribution in [2.24, 2.45) is 0 Å². The number of H-pyrrole nitrogens is 1. The number of hydrogen-bond donors (Lipinski definition) is 3. The molecule has 100 valence electrons. The Morgan fingerprint density at radius 2 is 1.84 bits per heavy atom. The minimum Gasteiger partial charge on any atom is -0.497 e. The molecule has 2 rings (SSSR count). The molecule has 1 aromatic heterocycles. The summed E-state index contributed by atoms with van der Waals surface area (Å²) in [6, 6.07) is 5.36. The van der Waals surface area contributed by atoms with E-state index in [1.807, 2.05) is 26.0 Å². The van der Waals surface area contributed by atoms with E-state index in [0.717, 1.165) is 22.4 Å². The number of nitrogen functional groups attached to an aromatic ring is 1. The lowest BCUT2D eigenvalue weighted by Gasteiger charge is -2.10. The number of ether oxygens (including phenoxy) is 1. The summed E-state index contributed by atoms with van der Waals surface area (Å²) in [6.45, 7) is 3.89. The van der Waals surface area contributed by atoms with Crippen molar-refractivity contribution in [2.45, 2.75) is 13.8 Å². The van der Waals surface area contributed by atoms with Crippen LogP contribution in [0.1, 0.15) is 21.5 Å². The lowest BCUT2D eigenvalue weighted by atomic mass is 9.99. The normalized spacial score (nSPS) is 10.5. The van der Waals surface area contributed by atoms with E-state index in [9.17, 15) is 4.79 Å². The number of rotatable bonds is 3. The number of carboxylic acid groups (broad SMARTS) is 1. The molecule has 0 spiro atoms. The Hall–Kier alpha value is -2.43. The third-order valence-electron chi connectivity index (χ3n) is 3.09. The largest absolute Gasteiger partial charge is 0.497 e. The number of aromatic nitrogens is 1. The molecule has 1 heterocycles. The Balaban J connectivity index is 2.59. The predicted molar refractivity (Wildman–Crippen MR) is 73.6 cm³/mol. The van der Waals surface area contributed by atoms with Crippen LogP contribution in [0.4, 0.5) is 5.82 Å². The molecule has 4 N–H and O–H groups in total. The molecule has 0 fully saturated rings. The summed E-state index contributed by atoms with van der Waals surface area (Å²) in [7, 11) is 1.61. The molecule has 19 heavy (non-hydrogen) atoms. The molecular formula is C14H16N2O3. The van der Waals surface area contributed by atoms with Gasteiger partial charge in [-0.1, -0.05) is 0 Å². The average Bonchev–Trinajstić information content (AvgIpc) is 2.70. The molecule has 0 atom stereocenters. The van der Waals surface area contributed by atoms with Gasteiger partial charge in [-0.2, -0.15) is 0 Å². The second-order valence-electron chi connectivity index (χ2n) is 4.45. The van der Waals surface area contributed by atoms with Gasteiger partial charge in [-0.25, -0.2) is 4.79 Å². The third-order valence-corrected chi connectivity index (χ3v) is 3.09. The highest BCUT2D eigenvalue weighted by Crippen LogP contribution is 2.32. The van der Waals surface area contributed by atoms with Crippen molar-refractivity contribution < 1.29 is 14.6 Å². The number of carboxylic acids is 1. The molecule has 0 aliphatic rings. The van der Waals surface area contributed by atoms with Crippen LogP contribution in [0.5, 0.6) is 5.75 Å². The maximum Gasteiger partial charge on any atom is 0.339 e. The van der Waals surface area contributed by atoms with Crippen LogP contribution < -0.4 is 10.5 Å². The number of anilines is 1. The molecule has 0 aliphatic heterocycles. The molecule has 0 radical (unpaired) electrons. The van der Waals surface area contributed by atoms with E-state index in [-0.39, 0.29) is 11.4 Å². The van der Waals surface area contributed by atoms with E-state index in [1.165, 1.54) is 0 Å². The first-order chi connectivity index (χ1) is 8.93. The van der Waals surface area contributed by atoms with E-state index in [2.05, 4.69) is 4.98 Å². The molecule has 0 saturated carbocycles. The maximum atomic E-state index is 11.0. The summed E-state index contributed by atoms with van der Waals surface area (Å²) >= 11 is 0. The smallest absolute Gasteiger partial charge is 0.339 e. The monoisotopic (exact) mass is 260 g/mol. The van der Waals surface area contributed by atoms with Gasteiger partial charge in [-0.05, 0) is 43.2 Å². The summed E-state index contributed by atoms with van der Waals surface area (Å²) in [6.07, 6.45) is 0. The van der Waals surface area contributed by atoms with Crippen LogP contribution in [0, 0.1) is 13.8 Å². The van der Waals surface area contributed by atoms with Crippen LogP contribution in [0.15, 0.2) is 18.2 Å². The lowest BCUT2D eigenvalue weighted by Crippen LogP contribution is -1.98. The molecule has 5 nitrogen and oxygen atoms in total. The molecule has 2 aromatic rings. The molecule has 1 aromatic carbocycles. The Morgan fingerprint density at radius 3 is 2.26 bits per heavy atom. The van der Waals surface area contributed by atoms with Crippen molar-refractivity contribution in [1.29, 1.82) is 0 Å². The number of hydrogen-bond acceptors (Lipinski definition) is 3. The lowest BCUT2D eigenvalue weighted by molar-refractivity contribution is 0.0698. The Morgan fingerprint density at radius 1 is 1.26 bits per heavy atom. The van der Waals surface area contributed by atoms with Gasteiger partial charge in [-0.15, -0.1) is 0 Å². The Labute approximate surface area is 111 Å². The van der Waals surface area contributed by atoms with Crippen molar-refractivity contribution in [3.05, 3.63) is 34.9 Å². The van der Waals surface area contributed by atoms with Crippen LogP contribution in [0.2, 0.25) is 0 Å². The third kappa shape index (κ3) is 2.27. The van der Waals surface area contributed by atoms with E-state index in [0.29, 0.717) is 5.69 Å². The van der Waals surface area contributed by atoms with Gasteiger partial charge in [0.15, 0.2) is 0 Å². The zero-order valence-electron chi connectivity index (χ0n) is 11.1. The predicted octanol–water partition coefficient (Wildman–Crippen LogP) is 2.59. The molecule has 0 amide bonds. The molecule has 5 heteroatoms. The Bertz CT molecular complexity index is 621. The first-order valence-corrected chi connectivity index (χ1v) is 5.81. The SMILES string of the molecule is COc1cc(C)c(-c2cc(C(=O)O)c(N)[nH]2)c(C)c1. The molecular weight excluding hydrogens is 244 g/mol. The zero-order valence-corrected chi connectivity index (χ0v) is 11.1. The topological polar surface area (TPSA) is 88.3 Å². The standard InChI is InChI=1S/C14H16N2O3/c1-7-4-9(19-3)5-8(2)12(7)11-6-10(14(17)18)13(15)16-11/h4-6,16H,15H2,1-3H3,(H,17,18). The molecule has 0 unspecified atom stereocenters. The number of carbonyl (C=O) groups is 1. The van der Waals surface area contributed by atoms with Crippen LogP contribution in [0.25, 0.3) is 11.3 Å². The number of aromatic amines is 1. The number of nitrogens with two attached hydrogens (primary N) is 1. The quantitative estimate of drug-likeness (QED) is 0.791. The fraction of sp³-hybridized carbons (Fsp3) is 0.214.